The van der Waals surface area contributed by atoms with Crippen molar-refractivity contribution in [2.24, 2.45) is 0 Å². The third-order valence-corrected chi connectivity index (χ3v) is 4.30. The van der Waals surface area contributed by atoms with Gasteiger partial charge in [0.25, 0.3) is 0 Å². The van der Waals surface area contributed by atoms with Crippen LogP contribution in [0.25, 0.3) is 0 Å². The molecule has 18 heavy (non-hydrogen) atoms. The van der Waals surface area contributed by atoms with E-state index in [0.29, 0.717) is 0 Å². The molecule has 0 radical (unpaired) electrons. The quantitative estimate of drug-likeness (QED) is 0.922. The van der Waals surface area contributed by atoms with Crippen LogP contribution in [-0.2, 0) is 0 Å². The Morgan fingerprint density at radius 2 is 1.89 bits per heavy atom. The average Bonchev–Trinajstić information content (AvgIpc) is 2.38. The van der Waals surface area contributed by atoms with Gasteiger partial charge in [-0.2, -0.15) is 0 Å². The molecule has 0 amide bonds. The lowest BCUT2D eigenvalue weighted by Gasteiger charge is -2.32. The molecule has 1 atom stereocenters. The van der Waals surface area contributed by atoms with Gasteiger partial charge in [-0.25, -0.2) is 0 Å². The average molecular weight is 313 g/mol. The van der Waals surface area contributed by atoms with Crippen LogP contribution in [0.4, 0.5) is 0 Å². The van der Waals surface area contributed by atoms with Crippen LogP contribution in [0.15, 0.2) is 28.7 Å². The Morgan fingerprint density at radius 3 is 2.56 bits per heavy atom. The number of piperazine rings is 1. The highest BCUT2D eigenvalue weighted by Crippen LogP contribution is 2.25. The van der Waals surface area contributed by atoms with Crippen molar-refractivity contribution in [1.29, 1.82) is 0 Å². The van der Waals surface area contributed by atoms with E-state index >= 15 is 0 Å². The van der Waals surface area contributed by atoms with E-state index in [9.17, 15) is 5.11 Å². The van der Waals surface area contributed by atoms with Crippen molar-refractivity contribution in [1.82, 2.24) is 9.80 Å². The highest BCUT2D eigenvalue weighted by Gasteiger charge is 2.16. The maximum atomic E-state index is 10.2. The molecular weight excluding hydrogens is 292 g/mol. The molecular formula is C14H21BrN2O. The summed E-state index contributed by atoms with van der Waals surface area (Å²) in [5, 5.41) is 10.2. The third kappa shape index (κ3) is 3.79. The summed E-state index contributed by atoms with van der Waals surface area (Å²) in [6.45, 7) is 5.45. The van der Waals surface area contributed by atoms with Gasteiger partial charge in [-0.15, -0.1) is 0 Å². The van der Waals surface area contributed by atoms with Gasteiger partial charge >= 0.3 is 0 Å². The molecule has 4 heteroatoms. The molecule has 3 nitrogen and oxygen atoms in total. The second-order valence-corrected chi connectivity index (χ2v) is 5.83. The fourth-order valence-electron chi connectivity index (χ4n) is 2.28. The first-order valence-electron chi connectivity index (χ1n) is 6.50. The van der Waals surface area contributed by atoms with Crippen LogP contribution < -0.4 is 0 Å². The first-order chi connectivity index (χ1) is 8.66. The molecule has 0 spiro atoms. The molecule has 1 fully saturated rings. The summed E-state index contributed by atoms with van der Waals surface area (Å²) in [4.78, 5) is 4.78. The molecule has 1 saturated heterocycles. The molecule has 1 heterocycles. The Balaban J connectivity index is 1.81. The number of benzene rings is 1. The van der Waals surface area contributed by atoms with Gasteiger partial charge in [0.15, 0.2) is 0 Å². The fraction of sp³-hybridized carbons (Fsp3) is 0.571. The van der Waals surface area contributed by atoms with Crippen molar-refractivity contribution in [3.8, 4) is 0 Å². The van der Waals surface area contributed by atoms with Crippen LogP contribution in [0.3, 0.4) is 0 Å². The topological polar surface area (TPSA) is 26.7 Å². The Labute approximate surface area is 118 Å². The van der Waals surface area contributed by atoms with E-state index in [0.717, 1.165) is 49.2 Å². The Hall–Kier alpha value is -0.420. The minimum absolute atomic E-state index is 0.375. The Kier molecular flexibility index (Phi) is 5.18. The highest BCUT2D eigenvalue weighted by atomic mass is 79.9. The lowest BCUT2D eigenvalue weighted by atomic mass is 10.1. The molecule has 1 N–H and O–H groups in total. The SMILES string of the molecule is CN1CCN(CCC(O)c2ccccc2Br)CC1. The fourth-order valence-corrected chi connectivity index (χ4v) is 2.83. The molecule has 1 aromatic carbocycles. The lowest BCUT2D eigenvalue weighted by Crippen LogP contribution is -2.44. The zero-order chi connectivity index (χ0) is 13.0. The molecule has 0 saturated carbocycles. The van der Waals surface area contributed by atoms with Crippen LogP contribution in [0, 0.1) is 0 Å². The number of halogens is 1. The van der Waals surface area contributed by atoms with E-state index in [2.05, 4.69) is 32.8 Å². The molecule has 0 aromatic heterocycles. The second kappa shape index (κ2) is 6.66. The van der Waals surface area contributed by atoms with Crippen LogP contribution in [-0.4, -0.2) is 54.7 Å². The summed E-state index contributed by atoms with van der Waals surface area (Å²) in [6, 6.07) is 7.91. The standard InChI is InChI=1S/C14H21BrN2O/c1-16-8-10-17(11-9-16)7-6-14(18)12-4-2-3-5-13(12)15/h2-5,14,18H,6-11H2,1H3. The molecule has 1 aliphatic rings. The maximum Gasteiger partial charge on any atom is 0.0813 e. The molecule has 1 aromatic rings. The van der Waals surface area contributed by atoms with E-state index in [1.807, 2.05) is 24.3 Å². The van der Waals surface area contributed by atoms with Crippen molar-refractivity contribution in [3.05, 3.63) is 34.3 Å². The maximum absolute atomic E-state index is 10.2. The third-order valence-electron chi connectivity index (χ3n) is 3.58. The van der Waals surface area contributed by atoms with Crippen molar-refractivity contribution < 1.29 is 5.11 Å². The smallest absolute Gasteiger partial charge is 0.0813 e. The minimum atomic E-state index is -0.375. The number of aliphatic hydroxyl groups is 1. The molecule has 1 unspecified atom stereocenters. The summed E-state index contributed by atoms with van der Waals surface area (Å²) < 4.78 is 0.996. The molecule has 0 aliphatic carbocycles. The van der Waals surface area contributed by atoms with Crippen LogP contribution in [0.1, 0.15) is 18.1 Å². The molecule has 0 bridgehead atoms. The van der Waals surface area contributed by atoms with Crippen LogP contribution in [0.5, 0.6) is 0 Å². The monoisotopic (exact) mass is 312 g/mol. The second-order valence-electron chi connectivity index (χ2n) is 4.97. The summed E-state index contributed by atoms with van der Waals surface area (Å²) in [5.74, 6) is 0. The van der Waals surface area contributed by atoms with Gasteiger partial charge in [-0.05, 0) is 25.1 Å². The van der Waals surface area contributed by atoms with E-state index in [-0.39, 0.29) is 6.10 Å². The largest absolute Gasteiger partial charge is 0.388 e. The molecule has 100 valence electrons. The van der Waals surface area contributed by atoms with E-state index in [4.69, 9.17) is 0 Å². The van der Waals surface area contributed by atoms with Gasteiger partial charge in [-0.3, -0.25) is 0 Å². The first-order valence-corrected chi connectivity index (χ1v) is 7.29. The summed E-state index contributed by atoms with van der Waals surface area (Å²) in [7, 11) is 2.16. The number of likely N-dealkylation sites (N-methyl/N-ethyl adjacent to an activating group) is 1. The minimum Gasteiger partial charge on any atom is -0.388 e. The van der Waals surface area contributed by atoms with Crippen molar-refractivity contribution in [2.75, 3.05) is 39.8 Å². The number of rotatable bonds is 4. The normalized spacial score (nSPS) is 19.9. The van der Waals surface area contributed by atoms with E-state index in [1.54, 1.807) is 0 Å². The van der Waals surface area contributed by atoms with Gasteiger partial charge in [0.2, 0.25) is 0 Å². The first kappa shape index (κ1) is 14.0. The predicted octanol–water partition coefficient (Wildman–Crippen LogP) is 2.12. The zero-order valence-corrected chi connectivity index (χ0v) is 12.4. The number of hydrogen-bond donors (Lipinski definition) is 1. The van der Waals surface area contributed by atoms with Gasteiger partial charge in [0.05, 0.1) is 6.10 Å². The summed E-state index contributed by atoms with van der Waals surface area (Å²) in [6.07, 6.45) is 0.423. The van der Waals surface area contributed by atoms with Crippen molar-refractivity contribution in [2.45, 2.75) is 12.5 Å². The lowest BCUT2D eigenvalue weighted by molar-refractivity contribution is 0.112. The van der Waals surface area contributed by atoms with Crippen LogP contribution in [0.2, 0.25) is 0 Å². The van der Waals surface area contributed by atoms with Crippen molar-refractivity contribution >= 4 is 15.9 Å². The highest BCUT2D eigenvalue weighted by molar-refractivity contribution is 9.10. The Bertz CT molecular complexity index is 378. The summed E-state index contributed by atoms with van der Waals surface area (Å²) >= 11 is 3.49. The van der Waals surface area contributed by atoms with Crippen molar-refractivity contribution in [3.63, 3.8) is 0 Å². The van der Waals surface area contributed by atoms with E-state index in [1.165, 1.54) is 0 Å². The molecule has 2 rings (SSSR count). The van der Waals surface area contributed by atoms with Gasteiger partial charge < -0.3 is 14.9 Å². The number of hydrogen-bond acceptors (Lipinski definition) is 3. The summed E-state index contributed by atoms with van der Waals surface area (Å²) in [5.41, 5.74) is 0.992. The van der Waals surface area contributed by atoms with Gasteiger partial charge in [0.1, 0.15) is 0 Å². The van der Waals surface area contributed by atoms with Crippen LogP contribution >= 0.6 is 15.9 Å². The van der Waals surface area contributed by atoms with E-state index < -0.39 is 0 Å². The number of aliphatic hydroxyl groups excluding tert-OH is 1. The predicted molar refractivity (Wildman–Crippen MR) is 77.7 cm³/mol. The molecule has 1 aliphatic heterocycles. The Morgan fingerprint density at radius 1 is 1.22 bits per heavy atom. The zero-order valence-electron chi connectivity index (χ0n) is 10.8. The number of nitrogens with zero attached hydrogens (tertiary/aromatic N) is 2. The van der Waals surface area contributed by atoms with Gasteiger partial charge in [-0.1, -0.05) is 34.1 Å². The van der Waals surface area contributed by atoms with Gasteiger partial charge in [0, 0.05) is 37.2 Å².